The smallest absolute Gasteiger partial charge is 0.255 e. The van der Waals surface area contributed by atoms with Crippen LogP contribution in [0.4, 0.5) is 5.69 Å². The molecule has 4 nitrogen and oxygen atoms in total. The maximum absolute atomic E-state index is 12.8. The summed E-state index contributed by atoms with van der Waals surface area (Å²) in [5.74, 6) is 0.539. The first-order chi connectivity index (χ1) is 16.7. The summed E-state index contributed by atoms with van der Waals surface area (Å²) in [6, 6.07) is 30.0. The van der Waals surface area contributed by atoms with Crippen LogP contribution in [0, 0.1) is 0 Å². The van der Waals surface area contributed by atoms with Crippen LogP contribution in [0.1, 0.15) is 40.7 Å². The Morgan fingerprint density at radius 3 is 2.44 bits per heavy atom. The molecular formula is C30H30N2O2. The van der Waals surface area contributed by atoms with Gasteiger partial charge >= 0.3 is 0 Å². The number of anilines is 1. The summed E-state index contributed by atoms with van der Waals surface area (Å²) in [5, 5.41) is 5.38. The highest BCUT2D eigenvalue weighted by atomic mass is 16.5. The molecule has 0 atom stereocenters. The first-order valence-electron chi connectivity index (χ1n) is 12.1. The van der Waals surface area contributed by atoms with Crippen LogP contribution in [0.2, 0.25) is 0 Å². The molecule has 172 valence electrons. The number of carbonyl (C=O) groups excluding carboxylic acids is 1. The van der Waals surface area contributed by atoms with Gasteiger partial charge in [-0.2, -0.15) is 0 Å². The van der Waals surface area contributed by atoms with Gasteiger partial charge in [0, 0.05) is 17.8 Å². The van der Waals surface area contributed by atoms with E-state index in [2.05, 4.69) is 46.6 Å². The Hall–Kier alpha value is -3.63. The maximum atomic E-state index is 12.8. The molecule has 0 unspecified atom stereocenters. The number of piperidine rings is 1. The Labute approximate surface area is 201 Å². The summed E-state index contributed by atoms with van der Waals surface area (Å²) in [7, 11) is 0. The number of nitrogens with zero attached hydrogens (tertiary/aromatic N) is 1. The molecule has 1 heterocycles. The predicted octanol–water partition coefficient (Wildman–Crippen LogP) is 6.66. The minimum Gasteiger partial charge on any atom is -0.489 e. The highest BCUT2D eigenvalue weighted by Gasteiger charge is 2.11. The van der Waals surface area contributed by atoms with Gasteiger partial charge in [-0.15, -0.1) is 0 Å². The van der Waals surface area contributed by atoms with E-state index in [4.69, 9.17) is 4.74 Å². The average molecular weight is 451 g/mol. The molecule has 4 heteroatoms. The monoisotopic (exact) mass is 450 g/mol. The third-order valence-corrected chi connectivity index (χ3v) is 6.44. The van der Waals surface area contributed by atoms with Gasteiger partial charge in [-0.25, -0.2) is 0 Å². The third-order valence-electron chi connectivity index (χ3n) is 6.44. The van der Waals surface area contributed by atoms with Crippen LogP contribution in [0.5, 0.6) is 5.75 Å². The number of amides is 1. The number of fused-ring (bicyclic) bond motifs is 1. The fourth-order valence-electron chi connectivity index (χ4n) is 4.58. The molecule has 1 N–H and O–H groups in total. The molecule has 4 aromatic carbocycles. The van der Waals surface area contributed by atoms with Gasteiger partial charge in [0.05, 0.1) is 0 Å². The van der Waals surface area contributed by atoms with Crippen LogP contribution < -0.4 is 10.1 Å². The second-order valence-corrected chi connectivity index (χ2v) is 8.94. The molecule has 1 aliphatic rings. The van der Waals surface area contributed by atoms with E-state index >= 15 is 0 Å². The lowest BCUT2D eigenvalue weighted by molar-refractivity contribution is 0.102. The van der Waals surface area contributed by atoms with Crippen LogP contribution in [0.15, 0.2) is 91.0 Å². The van der Waals surface area contributed by atoms with Gasteiger partial charge in [0.15, 0.2) is 0 Å². The molecule has 0 aromatic heterocycles. The number of rotatable bonds is 7. The normalized spacial score (nSPS) is 14.1. The molecular weight excluding hydrogens is 420 g/mol. The minimum atomic E-state index is -0.139. The van der Waals surface area contributed by atoms with Gasteiger partial charge in [0.2, 0.25) is 0 Å². The number of likely N-dealkylation sites (tertiary alicyclic amines) is 1. The third kappa shape index (κ3) is 5.46. The Balaban J connectivity index is 1.20. The van der Waals surface area contributed by atoms with Gasteiger partial charge in [0.1, 0.15) is 12.4 Å². The van der Waals surface area contributed by atoms with Gasteiger partial charge in [-0.3, -0.25) is 9.69 Å². The standard InChI is InChI=1S/C30H30N2O2/c33-30(31-27-16-14-23(15-17-27)21-32-18-4-1-5-19-32)25-10-7-12-28(20-25)34-22-26-11-6-9-24-8-2-3-13-29(24)26/h2-3,6-17,20H,1,4-5,18-19,21-22H2,(H,31,33). The lowest BCUT2D eigenvalue weighted by Gasteiger charge is -2.26. The van der Waals surface area contributed by atoms with Crippen molar-refractivity contribution in [3.05, 3.63) is 108 Å². The molecule has 34 heavy (non-hydrogen) atoms. The molecule has 0 bridgehead atoms. The van der Waals surface area contributed by atoms with Crippen LogP contribution >= 0.6 is 0 Å². The summed E-state index contributed by atoms with van der Waals surface area (Å²) in [4.78, 5) is 15.3. The van der Waals surface area contributed by atoms with Crippen molar-refractivity contribution in [2.24, 2.45) is 0 Å². The molecule has 1 aliphatic heterocycles. The summed E-state index contributed by atoms with van der Waals surface area (Å²) in [5.41, 5.74) is 3.78. The second-order valence-electron chi connectivity index (χ2n) is 8.94. The van der Waals surface area contributed by atoms with E-state index in [9.17, 15) is 4.79 Å². The molecule has 0 spiro atoms. The summed E-state index contributed by atoms with van der Waals surface area (Å²) >= 11 is 0. The zero-order valence-electron chi connectivity index (χ0n) is 19.4. The number of hydrogen-bond acceptors (Lipinski definition) is 3. The Morgan fingerprint density at radius 2 is 1.59 bits per heavy atom. The Morgan fingerprint density at radius 1 is 0.824 bits per heavy atom. The van der Waals surface area contributed by atoms with Crippen molar-refractivity contribution >= 4 is 22.4 Å². The topological polar surface area (TPSA) is 41.6 Å². The summed E-state index contributed by atoms with van der Waals surface area (Å²) in [6.45, 7) is 3.78. The molecule has 5 rings (SSSR count). The van der Waals surface area contributed by atoms with Gasteiger partial charge < -0.3 is 10.1 Å². The van der Waals surface area contributed by atoms with Crippen LogP contribution in [-0.4, -0.2) is 23.9 Å². The molecule has 0 aliphatic carbocycles. The Kier molecular flexibility index (Phi) is 6.87. The van der Waals surface area contributed by atoms with Crippen molar-refractivity contribution in [3.8, 4) is 5.75 Å². The van der Waals surface area contributed by atoms with Gasteiger partial charge in [-0.1, -0.05) is 67.1 Å². The van der Waals surface area contributed by atoms with Crippen molar-refractivity contribution in [1.82, 2.24) is 4.90 Å². The fraction of sp³-hybridized carbons (Fsp3) is 0.233. The highest BCUT2D eigenvalue weighted by molar-refractivity contribution is 6.04. The fourth-order valence-corrected chi connectivity index (χ4v) is 4.58. The largest absolute Gasteiger partial charge is 0.489 e. The minimum absolute atomic E-state index is 0.139. The average Bonchev–Trinajstić information content (AvgIpc) is 2.89. The lowest BCUT2D eigenvalue weighted by Crippen LogP contribution is -2.29. The Bertz CT molecular complexity index is 1260. The number of nitrogens with one attached hydrogen (secondary N) is 1. The van der Waals surface area contributed by atoms with Crippen LogP contribution in [0.25, 0.3) is 10.8 Å². The van der Waals surface area contributed by atoms with Crippen LogP contribution in [0.3, 0.4) is 0 Å². The van der Waals surface area contributed by atoms with Crippen molar-refractivity contribution in [2.75, 3.05) is 18.4 Å². The van der Waals surface area contributed by atoms with Crippen molar-refractivity contribution < 1.29 is 9.53 Å². The van der Waals surface area contributed by atoms with E-state index in [0.29, 0.717) is 17.9 Å². The van der Waals surface area contributed by atoms with E-state index in [1.807, 2.05) is 48.5 Å². The number of carbonyl (C=O) groups is 1. The molecule has 1 amide bonds. The van der Waals surface area contributed by atoms with Crippen molar-refractivity contribution in [3.63, 3.8) is 0 Å². The number of hydrogen-bond donors (Lipinski definition) is 1. The van der Waals surface area contributed by atoms with E-state index in [-0.39, 0.29) is 5.91 Å². The number of ether oxygens (including phenoxy) is 1. The van der Waals surface area contributed by atoms with E-state index < -0.39 is 0 Å². The zero-order valence-corrected chi connectivity index (χ0v) is 19.4. The first-order valence-corrected chi connectivity index (χ1v) is 12.1. The van der Waals surface area contributed by atoms with E-state index in [1.165, 1.54) is 48.7 Å². The highest BCUT2D eigenvalue weighted by Crippen LogP contribution is 2.22. The second kappa shape index (κ2) is 10.5. The zero-order chi connectivity index (χ0) is 23.2. The molecule has 4 aromatic rings. The predicted molar refractivity (Wildman–Crippen MR) is 138 cm³/mol. The van der Waals surface area contributed by atoms with Gasteiger partial charge in [-0.05, 0) is 78.2 Å². The van der Waals surface area contributed by atoms with E-state index in [1.54, 1.807) is 6.07 Å². The summed E-state index contributed by atoms with van der Waals surface area (Å²) in [6.07, 6.45) is 3.93. The molecule has 0 radical (unpaired) electrons. The first kappa shape index (κ1) is 22.2. The molecule has 1 saturated heterocycles. The van der Waals surface area contributed by atoms with Crippen LogP contribution in [-0.2, 0) is 13.2 Å². The molecule has 1 fully saturated rings. The summed E-state index contributed by atoms with van der Waals surface area (Å²) < 4.78 is 6.04. The number of benzene rings is 4. The van der Waals surface area contributed by atoms with Gasteiger partial charge in [0.25, 0.3) is 5.91 Å². The quantitative estimate of drug-likeness (QED) is 0.342. The van der Waals surface area contributed by atoms with Crippen molar-refractivity contribution in [2.45, 2.75) is 32.4 Å². The lowest BCUT2D eigenvalue weighted by atomic mass is 10.1. The molecule has 0 saturated carbocycles. The van der Waals surface area contributed by atoms with Crippen molar-refractivity contribution in [1.29, 1.82) is 0 Å². The van der Waals surface area contributed by atoms with E-state index in [0.717, 1.165) is 17.8 Å². The SMILES string of the molecule is O=C(Nc1ccc(CN2CCCCC2)cc1)c1cccc(OCc2cccc3ccccc23)c1. The maximum Gasteiger partial charge on any atom is 0.255 e.